The predicted octanol–water partition coefficient (Wildman–Crippen LogP) is 5.24. The number of halogens is 4. The molecule has 0 fully saturated rings. The fraction of sp³-hybridized carbons (Fsp3) is 0.250. The number of ether oxygens (including phenoxy) is 1. The quantitative estimate of drug-likeness (QED) is 0.743. The first-order valence-corrected chi connectivity index (χ1v) is 7.36. The topological polar surface area (TPSA) is 47.0 Å². The smallest absolute Gasteiger partial charge is 0.433 e. The van der Waals surface area contributed by atoms with Crippen LogP contribution in [0.3, 0.4) is 0 Å². The monoisotopic (exact) mass is 357 g/mol. The van der Waals surface area contributed by atoms with Crippen LogP contribution in [0, 0.1) is 0 Å². The zero-order valence-corrected chi connectivity index (χ0v) is 13.7. The van der Waals surface area contributed by atoms with E-state index in [0.29, 0.717) is 23.1 Å². The molecule has 0 unspecified atom stereocenters. The molecule has 0 amide bonds. The fourth-order valence-electron chi connectivity index (χ4n) is 1.70. The molecule has 1 aromatic carbocycles. The molecule has 4 nitrogen and oxygen atoms in total. The molecule has 0 aliphatic rings. The highest BCUT2D eigenvalue weighted by Crippen LogP contribution is 2.30. The summed E-state index contributed by atoms with van der Waals surface area (Å²) < 4.78 is 43.5. The van der Waals surface area contributed by atoms with Crippen molar-refractivity contribution in [2.75, 3.05) is 11.9 Å². The van der Waals surface area contributed by atoms with Gasteiger partial charge in [0.15, 0.2) is 0 Å². The second-order valence-electron chi connectivity index (χ2n) is 5.13. The molecule has 24 heavy (non-hydrogen) atoms. The van der Waals surface area contributed by atoms with Crippen LogP contribution in [0.15, 0.2) is 42.1 Å². The maximum Gasteiger partial charge on any atom is 0.433 e. The fourth-order valence-corrected chi connectivity index (χ4v) is 1.87. The van der Waals surface area contributed by atoms with Gasteiger partial charge in [-0.2, -0.15) is 13.2 Å². The summed E-state index contributed by atoms with van der Waals surface area (Å²) in [6.07, 6.45) is -1.61. The molecule has 2 aromatic rings. The Kier molecular flexibility index (Phi) is 5.66. The lowest BCUT2D eigenvalue weighted by Gasteiger charge is -2.11. The van der Waals surface area contributed by atoms with E-state index in [0.717, 1.165) is 17.8 Å². The van der Waals surface area contributed by atoms with E-state index in [1.165, 1.54) is 0 Å². The maximum atomic E-state index is 12.7. The summed E-state index contributed by atoms with van der Waals surface area (Å²) in [4.78, 5) is 7.23. The van der Waals surface area contributed by atoms with Gasteiger partial charge in [-0.25, -0.2) is 9.97 Å². The number of nitrogens with one attached hydrogen (secondary N) is 1. The first-order valence-electron chi connectivity index (χ1n) is 6.98. The number of hydrogen-bond acceptors (Lipinski definition) is 4. The van der Waals surface area contributed by atoms with Crippen molar-refractivity contribution in [2.45, 2.75) is 20.0 Å². The highest BCUT2D eigenvalue weighted by atomic mass is 35.5. The third-order valence-corrected chi connectivity index (χ3v) is 3.18. The van der Waals surface area contributed by atoms with Crippen molar-refractivity contribution in [3.8, 4) is 5.75 Å². The number of anilines is 2. The van der Waals surface area contributed by atoms with Crippen molar-refractivity contribution in [2.24, 2.45) is 0 Å². The molecule has 0 spiro atoms. The molecule has 0 bridgehead atoms. The molecule has 0 radical (unpaired) electrons. The highest BCUT2D eigenvalue weighted by molar-refractivity contribution is 6.32. The Bertz CT molecular complexity index is 744. The Morgan fingerprint density at radius 1 is 1.29 bits per heavy atom. The minimum atomic E-state index is -4.53. The van der Waals surface area contributed by atoms with Crippen LogP contribution in [0.25, 0.3) is 0 Å². The van der Waals surface area contributed by atoms with E-state index in [9.17, 15) is 13.2 Å². The Balaban J connectivity index is 2.17. The lowest BCUT2D eigenvalue weighted by molar-refractivity contribution is -0.141. The van der Waals surface area contributed by atoms with Gasteiger partial charge >= 0.3 is 6.18 Å². The average molecular weight is 358 g/mol. The van der Waals surface area contributed by atoms with Crippen molar-refractivity contribution in [3.05, 3.63) is 52.8 Å². The van der Waals surface area contributed by atoms with Gasteiger partial charge in [0.1, 0.15) is 18.1 Å². The summed E-state index contributed by atoms with van der Waals surface area (Å²) >= 11 is 6.05. The van der Waals surface area contributed by atoms with Crippen LogP contribution < -0.4 is 10.1 Å². The first-order chi connectivity index (χ1) is 11.3. The van der Waals surface area contributed by atoms with Gasteiger partial charge in [0.25, 0.3) is 0 Å². The molecule has 0 saturated heterocycles. The zero-order chi connectivity index (χ0) is 17.7. The van der Waals surface area contributed by atoms with Crippen LogP contribution in [0.4, 0.5) is 24.8 Å². The minimum Gasteiger partial charge on any atom is -0.488 e. The lowest BCUT2D eigenvalue weighted by Crippen LogP contribution is -2.10. The average Bonchev–Trinajstić information content (AvgIpc) is 2.49. The molecule has 0 atom stereocenters. The van der Waals surface area contributed by atoms with E-state index in [4.69, 9.17) is 16.3 Å². The van der Waals surface area contributed by atoms with Gasteiger partial charge in [0, 0.05) is 18.0 Å². The number of benzene rings is 1. The van der Waals surface area contributed by atoms with Crippen molar-refractivity contribution >= 4 is 23.2 Å². The summed E-state index contributed by atoms with van der Waals surface area (Å²) in [6, 6.07) is 5.56. The Labute approximate surface area is 142 Å². The lowest BCUT2D eigenvalue weighted by atomic mass is 10.3. The van der Waals surface area contributed by atoms with Gasteiger partial charge in [-0.1, -0.05) is 17.2 Å². The molecule has 2 rings (SSSR count). The second kappa shape index (κ2) is 7.53. The van der Waals surface area contributed by atoms with Crippen LogP contribution in [0.2, 0.25) is 5.02 Å². The van der Waals surface area contributed by atoms with E-state index >= 15 is 0 Å². The highest BCUT2D eigenvalue weighted by Gasteiger charge is 2.32. The van der Waals surface area contributed by atoms with Crippen LogP contribution in [0.5, 0.6) is 5.75 Å². The van der Waals surface area contributed by atoms with E-state index < -0.39 is 11.9 Å². The standard InChI is InChI=1S/C16H15ClF3N3O/c1-10(2)6-8-24-13-9-11(3-4-12(13)17)22-15-21-7-5-14(23-15)16(18,19)20/h3-7,9H,8H2,1-2H3,(H,21,22,23). The molecule has 1 heterocycles. The first kappa shape index (κ1) is 18.1. The van der Waals surface area contributed by atoms with Crippen LogP contribution in [-0.4, -0.2) is 16.6 Å². The van der Waals surface area contributed by atoms with Crippen molar-refractivity contribution in [3.63, 3.8) is 0 Å². The zero-order valence-electron chi connectivity index (χ0n) is 13.0. The van der Waals surface area contributed by atoms with Gasteiger partial charge in [-0.05, 0) is 38.1 Å². The third kappa shape index (κ3) is 5.13. The molecule has 1 N–H and O–H groups in total. The second-order valence-corrected chi connectivity index (χ2v) is 5.53. The van der Waals surface area contributed by atoms with Crippen LogP contribution in [0.1, 0.15) is 19.5 Å². The summed E-state index contributed by atoms with van der Waals surface area (Å²) in [5.41, 5.74) is 0.540. The number of nitrogens with zero attached hydrogens (tertiary/aromatic N) is 2. The van der Waals surface area contributed by atoms with Crippen molar-refractivity contribution < 1.29 is 17.9 Å². The Morgan fingerprint density at radius 2 is 2.04 bits per heavy atom. The molecular weight excluding hydrogens is 343 g/mol. The van der Waals surface area contributed by atoms with Gasteiger partial charge < -0.3 is 10.1 Å². The van der Waals surface area contributed by atoms with Gasteiger partial charge in [0.05, 0.1) is 5.02 Å². The Morgan fingerprint density at radius 3 is 2.71 bits per heavy atom. The maximum absolute atomic E-state index is 12.7. The van der Waals surface area contributed by atoms with E-state index in [1.54, 1.807) is 18.2 Å². The molecular formula is C16H15ClF3N3O. The van der Waals surface area contributed by atoms with Crippen molar-refractivity contribution in [1.82, 2.24) is 9.97 Å². The van der Waals surface area contributed by atoms with Gasteiger partial charge in [-0.3, -0.25) is 0 Å². The van der Waals surface area contributed by atoms with Crippen LogP contribution in [-0.2, 0) is 6.18 Å². The molecule has 128 valence electrons. The minimum absolute atomic E-state index is 0.164. The molecule has 0 aliphatic carbocycles. The van der Waals surface area contributed by atoms with E-state index in [1.807, 2.05) is 19.9 Å². The van der Waals surface area contributed by atoms with Crippen molar-refractivity contribution in [1.29, 1.82) is 0 Å². The number of allylic oxidation sites excluding steroid dienone is 1. The normalized spacial score (nSPS) is 11.1. The molecule has 1 aromatic heterocycles. The van der Waals surface area contributed by atoms with Gasteiger partial charge in [0.2, 0.25) is 5.95 Å². The number of rotatable bonds is 5. The van der Waals surface area contributed by atoms with E-state index in [-0.39, 0.29) is 5.95 Å². The largest absolute Gasteiger partial charge is 0.488 e. The number of alkyl halides is 3. The summed E-state index contributed by atoms with van der Waals surface area (Å²) in [5.74, 6) is 0.244. The summed E-state index contributed by atoms with van der Waals surface area (Å²) in [5, 5.41) is 3.10. The van der Waals surface area contributed by atoms with Crippen LogP contribution >= 0.6 is 11.6 Å². The summed E-state index contributed by atoms with van der Waals surface area (Å²) in [6.45, 7) is 4.22. The Hall–Kier alpha value is -2.28. The SMILES string of the molecule is CC(C)=CCOc1cc(Nc2nccc(C(F)(F)F)n2)ccc1Cl. The third-order valence-electron chi connectivity index (χ3n) is 2.86. The molecule has 0 aliphatic heterocycles. The molecule has 0 saturated carbocycles. The predicted molar refractivity (Wildman–Crippen MR) is 86.7 cm³/mol. The van der Waals surface area contributed by atoms with Gasteiger partial charge in [-0.15, -0.1) is 0 Å². The number of aromatic nitrogens is 2. The molecule has 8 heteroatoms. The number of hydrogen-bond donors (Lipinski definition) is 1. The van der Waals surface area contributed by atoms with E-state index in [2.05, 4.69) is 15.3 Å². The summed E-state index contributed by atoms with van der Waals surface area (Å²) in [7, 11) is 0.